The highest BCUT2D eigenvalue weighted by Gasteiger charge is 2.47. The fraction of sp³-hybridized carbons (Fsp3) is 1.00. The van der Waals surface area contributed by atoms with E-state index in [4.69, 9.17) is 0 Å². The molecule has 3 fully saturated rings. The first-order chi connectivity index (χ1) is 8.74. The molecule has 3 rings (SSSR count). The summed E-state index contributed by atoms with van der Waals surface area (Å²) in [5.74, 6) is 0. The molecular formula is C16H34Br2N2. The van der Waals surface area contributed by atoms with Gasteiger partial charge in [0.05, 0.1) is 13.1 Å². The van der Waals surface area contributed by atoms with Gasteiger partial charge >= 0.3 is 0 Å². The van der Waals surface area contributed by atoms with Crippen LogP contribution >= 0.6 is 0 Å². The Labute approximate surface area is 147 Å². The molecule has 4 heteroatoms. The molecule has 0 spiro atoms. The first-order valence-electron chi connectivity index (χ1n) is 8.44. The third-order valence-electron chi connectivity index (χ3n) is 5.62. The van der Waals surface area contributed by atoms with E-state index in [9.17, 15) is 0 Å². The van der Waals surface area contributed by atoms with Crippen molar-refractivity contribution in [2.24, 2.45) is 0 Å². The molecule has 0 amide bonds. The zero-order chi connectivity index (χ0) is 12.9. The van der Waals surface area contributed by atoms with Crippen molar-refractivity contribution in [1.82, 2.24) is 0 Å². The molecule has 0 atom stereocenters. The molecule has 0 aromatic heterocycles. The number of hydrogen-bond acceptors (Lipinski definition) is 0. The Bertz CT molecular complexity index is 208. The van der Waals surface area contributed by atoms with Crippen LogP contribution in [0.3, 0.4) is 0 Å². The van der Waals surface area contributed by atoms with Crippen molar-refractivity contribution in [1.29, 1.82) is 0 Å². The molecule has 0 unspecified atom stereocenters. The summed E-state index contributed by atoms with van der Waals surface area (Å²) in [6.07, 6.45) is 8.56. The van der Waals surface area contributed by atoms with Crippen LogP contribution in [0.4, 0.5) is 0 Å². The van der Waals surface area contributed by atoms with Gasteiger partial charge in [-0.25, -0.2) is 0 Å². The highest BCUT2D eigenvalue weighted by atomic mass is 79.9. The van der Waals surface area contributed by atoms with Gasteiger partial charge in [0, 0.05) is 0 Å². The van der Waals surface area contributed by atoms with E-state index in [1.54, 1.807) is 0 Å². The first-order valence-corrected chi connectivity index (χ1v) is 8.44. The number of quaternary nitrogens is 2. The number of unbranched alkanes of at least 4 members (excludes halogenated alkanes) is 4. The van der Waals surface area contributed by atoms with Crippen LogP contribution in [0.1, 0.15) is 52.4 Å². The van der Waals surface area contributed by atoms with Crippen LogP contribution in [0.5, 0.6) is 0 Å². The Balaban J connectivity index is 0.00000180. The lowest BCUT2D eigenvalue weighted by molar-refractivity contribution is -1.08. The Morgan fingerprint density at radius 3 is 1.10 bits per heavy atom. The summed E-state index contributed by atoms with van der Waals surface area (Å²) in [5, 5.41) is 0. The third-order valence-corrected chi connectivity index (χ3v) is 5.62. The molecule has 3 saturated heterocycles. The van der Waals surface area contributed by atoms with Crippen LogP contribution in [0.25, 0.3) is 0 Å². The molecule has 0 aromatic rings. The maximum atomic E-state index is 2.32. The summed E-state index contributed by atoms with van der Waals surface area (Å²) in [6.45, 7) is 16.5. The summed E-state index contributed by atoms with van der Waals surface area (Å²) in [6, 6.07) is 0. The van der Waals surface area contributed by atoms with E-state index in [-0.39, 0.29) is 34.0 Å². The van der Waals surface area contributed by atoms with Crippen molar-refractivity contribution in [2.45, 2.75) is 52.4 Å². The second-order valence-electron chi connectivity index (χ2n) is 6.89. The van der Waals surface area contributed by atoms with E-state index in [0.29, 0.717) is 0 Å². The zero-order valence-electron chi connectivity index (χ0n) is 13.5. The minimum atomic E-state index is 0. The first kappa shape index (κ1) is 20.9. The lowest BCUT2D eigenvalue weighted by atomic mass is 10.0. The molecular weight excluding hydrogens is 380 g/mol. The number of fused-ring (bicyclic) bond motifs is 3. The second-order valence-corrected chi connectivity index (χ2v) is 6.89. The van der Waals surface area contributed by atoms with E-state index >= 15 is 0 Å². The molecule has 122 valence electrons. The average molecular weight is 414 g/mol. The van der Waals surface area contributed by atoms with Gasteiger partial charge in [-0.05, 0) is 25.7 Å². The van der Waals surface area contributed by atoms with Crippen LogP contribution in [0.2, 0.25) is 0 Å². The molecule has 0 N–H and O–H groups in total. The largest absolute Gasteiger partial charge is 1.00 e. The van der Waals surface area contributed by atoms with Gasteiger partial charge in [0.1, 0.15) is 39.3 Å². The molecule has 0 aliphatic carbocycles. The highest BCUT2D eigenvalue weighted by Crippen LogP contribution is 2.27. The van der Waals surface area contributed by atoms with Crippen molar-refractivity contribution in [3.63, 3.8) is 0 Å². The van der Waals surface area contributed by atoms with Crippen molar-refractivity contribution in [3.8, 4) is 0 Å². The standard InChI is InChI=1S/C16H34N2.2BrH/c1-3-5-7-9-17-11-14-18(15-12-17,16-13-17)10-8-6-4-2;;/h3-16H2,1-2H3;2*1H/q+2;;/p-2. The highest BCUT2D eigenvalue weighted by molar-refractivity contribution is 4.62. The number of piperazine rings is 3. The molecule has 2 nitrogen and oxygen atoms in total. The van der Waals surface area contributed by atoms with Gasteiger partial charge in [-0.2, -0.15) is 0 Å². The Morgan fingerprint density at radius 1 is 0.550 bits per heavy atom. The summed E-state index contributed by atoms with van der Waals surface area (Å²) >= 11 is 0. The van der Waals surface area contributed by atoms with Crippen LogP contribution < -0.4 is 34.0 Å². The van der Waals surface area contributed by atoms with Crippen molar-refractivity contribution < 1.29 is 42.9 Å². The van der Waals surface area contributed by atoms with Gasteiger partial charge in [-0.15, -0.1) is 0 Å². The maximum Gasteiger partial charge on any atom is 0.129 e. The topological polar surface area (TPSA) is 0 Å². The number of hydrogen-bond donors (Lipinski definition) is 0. The summed E-state index contributed by atoms with van der Waals surface area (Å²) in [4.78, 5) is 0. The van der Waals surface area contributed by atoms with E-state index in [0.717, 1.165) is 0 Å². The summed E-state index contributed by atoms with van der Waals surface area (Å²) in [7, 11) is 0. The smallest absolute Gasteiger partial charge is 0.129 e. The average Bonchev–Trinajstić information content (AvgIpc) is 2.42. The van der Waals surface area contributed by atoms with Gasteiger partial charge in [-0.1, -0.05) is 26.7 Å². The maximum absolute atomic E-state index is 2.32. The van der Waals surface area contributed by atoms with E-state index in [1.165, 1.54) is 99.8 Å². The van der Waals surface area contributed by atoms with Crippen LogP contribution in [-0.4, -0.2) is 61.3 Å². The number of rotatable bonds is 8. The van der Waals surface area contributed by atoms with E-state index in [1.807, 2.05) is 0 Å². The number of halogens is 2. The predicted molar refractivity (Wildman–Crippen MR) is 78.5 cm³/mol. The minimum Gasteiger partial charge on any atom is -1.00 e. The lowest BCUT2D eigenvalue weighted by Gasteiger charge is -2.55. The van der Waals surface area contributed by atoms with Gasteiger partial charge in [0.2, 0.25) is 0 Å². The van der Waals surface area contributed by atoms with Gasteiger partial charge < -0.3 is 42.9 Å². The summed E-state index contributed by atoms with van der Waals surface area (Å²) in [5.41, 5.74) is 0. The minimum absolute atomic E-state index is 0. The van der Waals surface area contributed by atoms with E-state index in [2.05, 4.69) is 13.8 Å². The Kier molecular flexibility index (Phi) is 10.2. The fourth-order valence-electron chi connectivity index (χ4n) is 4.01. The summed E-state index contributed by atoms with van der Waals surface area (Å²) < 4.78 is 2.96. The monoisotopic (exact) mass is 412 g/mol. The second kappa shape index (κ2) is 9.81. The molecule has 3 aliphatic rings. The molecule has 0 saturated carbocycles. The van der Waals surface area contributed by atoms with Crippen LogP contribution in [-0.2, 0) is 0 Å². The SMILES string of the molecule is CCCCC[N+]12CC[N+](CCCCC)(CC1)CC2.[Br-].[Br-]. The third kappa shape index (κ3) is 5.26. The molecule has 0 radical (unpaired) electrons. The van der Waals surface area contributed by atoms with Crippen LogP contribution in [0, 0.1) is 0 Å². The quantitative estimate of drug-likeness (QED) is 0.294. The zero-order valence-corrected chi connectivity index (χ0v) is 16.7. The predicted octanol–water partition coefficient (Wildman–Crippen LogP) is -2.96. The molecule has 3 heterocycles. The fourth-order valence-corrected chi connectivity index (χ4v) is 4.01. The van der Waals surface area contributed by atoms with Crippen molar-refractivity contribution >= 4 is 0 Å². The number of nitrogens with zero attached hydrogens (tertiary/aromatic N) is 2. The van der Waals surface area contributed by atoms with Gasteiger partial charge in [0.15, 0.2) is 0 Å². The van der Waals surface area contributed by atoms with Crippen LogP contribution in [0.15, 0.2) is 0 Å². The van der Waals surface area contributed by atoms with Gasteiger partial charge in [0.25, 0.3) is 0 Å². The van der Waals surface area contributed by atoms with E-state index < -0.39 is 0 Å². The van der Waals surface area contributed by atoms with Crippen molar-refractivity contribution in [3.05, 3.63) is 0 Å². The molecule has 3 aliphatic heterocycles. The Morgan fingerprint density at radius 2 is 0.850 bits per heavy atom. The lowest BCUT2D eigenvalue weighted by Crippen LogP contribution is -3.00. The molecule has 20 heavy (non-hydrogen) atoms. The molecule has 0 aromatic carbocycles. The normalized spacial score (nSPS) is 31.5. The van der Waals surface area contributed by atoms with Crippen molar-refractivity contribution in [2.75, 3.05) is 52.4 Å². The Hall–Kier alpha value is 0.880. The molecule has 2 bridgehead atoms. The van der Waals surface area contributed by atoms with Gasteiger partial charge in [-0.3, -0.25) is 0 Å².